The number of imidazole rings is 1. The first kappa shape index (κ1) is 24.9. The summed E-state index contributed by atoms with van der Waals surface area (Å²) >= 11 is 0. The van der Waals surface area contributed by atoms with Gasteiger partial charge < -0.3 is 21.1 Å². The molecule has 0 spiro atoms. The number of fused-ring (bicyclic) bond motifs is 1. The molecule has 188 valence electrons. The number of halogens is 4. The van der Waals surface area contributed by atoms with E-state index in [0.717, 1.165) is 17.7 Å². The summed E-state index contributed by atoms with van der Waals surface area (Å²) in [5, 5.41) is 5.88. The van der Waals surface area contributed by atoms with Crippen molar-refractivity contribution in [1.82, 2.24) is 19.7 Å². The number of nitrogens with two attached hydrogens (primary N) is 1. The molecule has 0 fully saturated rings. The van der Waals surface area contributed by atoms with Crippen LogP contribution >= 0.6 is 0 Å². The molecule has 4 N–H and O–H groups in total. The molecule has 4 rings (SSSR count). The highest BCUT2D eigenvalue weighted by atomic mass is 19.3. The minimum atomic E-state index is -3.29. The van der Waals surface area contributed by atoms with Crippen LogP contribution in [0.2, 0.25) is 0 Å². The molecular weight excluding hydrogens is 480 g/mol. The average Bonchev–Trinajstić information content (AvgIpc) is 3.30. The normalized spacial score (nSPS) is 11.2. The van der Waals surface area contributed by atoms with Gasteiger partial charge in [0.25, 0.3) is 5.91 Å². The predicted molar refractivity (Wildman–Crippen MR) is 125 cm³/mol. The fraction of sp³-hybridized carbons (Fsp3) is 0.208. The van der Waals surface area contributed by atoms with Gasteiger partial charge in [0.2, 0.25) is 5.82 Å². The number of alkyl halides is 2. The van der Waals surface area contributed by atoms with Gasteiger partial charge in [-0.15, -0.1) is 0 Å². The number of nitrogens with one attached hydrogen (secondary N) is 2. The number of aryl methyl sites for hydroxylation is 1. The number of anilines is 2. The Labute approximate surface area is 203 Å². The van der Waals surface area contributed by atoms with Gasteiger partial charge in [0, 0.05) is 42.3 Å². The summed E-state index contributed by atoms with van der Waals surface area (Å²) in [5.41, 5.74) is 7.71. The highest BCUT2D eigenvalue weighted by Crippen LogP contribution is 2.32. The van der Waals surface area contributed by atoms with Gasteiger partial charge in [-0.2, -0.15) is 13.2 Å². The van der Waals surface area contributed by atoms with Crippen LogP contribution in [0.5, 0.6) is 5.75 Å². The summed E-state index contributed by atoms with van der Waals surface area (Å²) in [6.45, 7) is -0.672. The first-order chi connectivity index (χ1) is 17.3. The van der Waals surface area contributed by atoms with Crippen molar-refractivity contribution in [2.45, 2.75) is 20.0 Å². The molecule has 0 saturated heterocycles. The summed E-state index contributed by atoms with van der Waals surface area (Å²) in [7, 11) is 0. The second-order valence-electron chi connectivity index (χ2n) is 7.63. The number of aromatic nitrogens is 3. The molecule has 1 amide bonds. The summed E-state index contributed by atoms with van der Waals surface area (Å²) in [6.07, 6.45) is 4.86. The predicted octanol–water partition coefficient (Wildman–Crippen LogP) is 4.27. The molecule has 8 nitrogen and oxygen atoms in total. The lowest BCUT2D eigenvalue weighted by Gasteiger charge is -2.13. The molecular formula is C24H22F4N6O2. The molecule has 4 aromatic rings. The van der Waals surface area contributed by atoms with Crippen molar-refractivity contribution >= 4 is 23.1 Å². The Balaban J connectivity index is 1.66. The van der Waals surface area contributed by atoms with Crippen LogP contribution < -0.4 is 21.1 Å². The molecule has 2 aromatic heterocycles. The first-order valence-electron chi connectivity index (χ1n) is 11.0. The van der Waals surface area contributed by atoms with Crippen molar-refractivity contribution in [1.29, 1.82) is 0 Å². The number of rotatable bonds is 9. The van der Waals surface area contributed by atoms with E-state index in [4.69, 9.17) is 5.73 Å². The van der Waals surface area contributed by atoms with E-state index in [-0.39, 0.29) is 17.2 Å². The van der Waals surface area contributed by atoms with E-state index in [2.05, 4.69) is 25.3 Å². The van der Waals surface area contributed by atoms with Crippen LogP contribution in [-0.4, -0.2) is 40.0 Å². The van der Waals surface area contributed by atoms with Crippen molar-refractivity contribution in [3.8, 4) is 17.0 Å². The quantitative estimate of drug-likeness (QED) is 0.295. The van der Waals surface area contributed by atoms with E-state index in [9.17, 15) is 22.4 Å². The summed E-state index contributed by atoms with van der Waals surface area (Å²) < 4.78 is 59.4. The molecule has 0 aliphatic heterocycles. The zero-order valence-electron chi connectivity index (χ0n) is 19.1. The maximum Gasteiger partial charge on any atom is 0.387 e. The van der Waals surface area contributed by atoms with E-state index < -0.39 is 24.0 Å². The summed E-state index contributed by atoms with van der Waals surface area (Å²) in [5.74, 6) is -3.67. The third-order valence-corrected chi connectivity index (χ3v) is 5.39. The molecule has 2 heterocycles. The topological polar surface area (TPSA) is 107 Å². The molecule has 0 unspecified atom stereocenters. The Bertz CT molecular complexity index is 1410. The van der Waals surface area contributed by atoms with Crippen LogP contribution in [0.15, 0.2) is 48.9 Å². The van der Waals surface area contributed by atoms with E-state index >= 15 is 0 Å². The maximum absolute atomic E-state index is 14.7. The van der Waals surface area contributed by atoms with Gasteiger partial charge in [0.1, 0.15) is 0 Å². The largest absolute Gasteiger partial charge is 0.432 e. The van der Waals surface area contributed by atoms with Crippen LogP contribution in [0.3, 0.4) is 0 Å². The van der Waals surface area contributed by atoms with Crippen molar-refractivity contribution in [2.24, 2.45) is 5.73 Å². The number of carbonyl (C=O) groups excluding carboxylic acids is 1. The number of nitrogens with zero attached hydrogens (tertiary/aromatic N) is 3. The van der Waals surface area contributed by atoms with Crippen molar-refractivity contribution in [2.75, 3.05) is 18.4 Å². The first-order valence-corrected chi connectivity index (χ1v) is 11.0. The molecule has 0 aliphatic carbocycles. The lowest BCUT2D eigenvalue weighted by Crippen LogP contribution is -2.29. The van der Waals surface area contributed by atoms with E-state index in [1.54, 1.807) is 12.1 Å². The highest BCUT2D eigenvalue weighted by Gasteiger charge is 2.21. The zero-order valence-corrected chi connectivity index (χ0v) is 19.1. The lowest BCUT2D eigenvalue weighted by atomic mass is 10.0. The molecule has 2 aromatic carbocycles. The second kappa shape index (κ2) is 10.6. The minimum Gasteiger partial charge on any atom is -0.432 e. The van der Waals surface area contributed by atoms with Crippen LogP contribution in [0, 0.1) is 11.6 Å². The van der Waals surface area contributed by atoms with E-state index in [0.29, 0.717) is 42.2 Å². The smallest absolute Gasteiger partial charge is 0.387 e. The molecule has 36 heavy (non-hydrogen) atoms. The molecule has 12 heteroatoms. The molecule has 0 radical (unpaired) electrons. The molecule has 0 saturated carbocycles. The Morgan fingerprint density at radius 3 is 2.69 bits per heavy atom. The minimum absolute atomic E-state index is 0.177. The maximum atomic E-state index is 14.7. The van der Waals surface area contributed by atoms with Gasteiger partial charge in [-0.05, 0) is 42.3 Å². The van der Waals surface area contributed by atoms with Crippen LogP contribution in [-0.2, 0) is 6.42 Å². The molecule has 0 atom stereocenters. The van der Waals surface area contributed by atoms with Gasteiger partial charge in [-0.3, -0.25) is 9.20 Å². The number of hydrogen-bond acceptors (Lipinski definition) is 6. The number of benzene rings is 2. The monoisotopic (exact) mass is 502 g/mol. The lowest BCUT2D eigenvalue weighted by molar-refractivity contribution is -0.0525. The number of hydrogen-bond donors (Lipinski definition) is 3. The molecule has 0 aliphatic rings. The third kappa shape index (κ3) is 4.93. The van der Waals surface area contributed by atoms with Crippen LogP contribution in [0.4, 0.5) is 29.1 Å². The van der Waals surface area contributed by atoms with Gasteiger partial charge in [0.05, 0.1) is 11.9 Å². The third-order valence-electron chi connectivity index (χ3n) is 5.39. The van der Waals surface area contributed by atoms with Crippen molar-refractivity contribution in [3.05, 3.63) is 71.7 Å². The Morgan fingerprint density at radius 2 is 1.97 bits per heavy atom. The standard InChI is InChI=1S/C24H22F4N6O2/c1-2-13-11-14(3-4-15(13)23(35)31-8-7-29)33-21-22-32-12-17(34(22)10-9-30-21)16-5-6-18(36-24(27)28)20(26)19(16)25/h3-6,9-12,24H,2,7-8,29H2,1H3,(H,30,33)(H,31,35). The summed E-state index contributed by atoms with van der Waals surface area (Å²) in [6, 6.07) is 7.27. The highest BCUT2D eigenvalue weighted by molar-refractivity contribution is 5.96. The number of ether oxygens (including phenoxy) is 1. The Hall–Kier alpha value is -4.19. The van der Waals surface area contributed by atoms with Crippen molar-refractivity contribution in [3.63, 3.8) is 0 Å². The van der Waals surface area contributed by atoms with E-state index in [1.807, 2.05) is 13.0 Å². The Morgan fingerprint density at radius 1 is 1.17 bits per heavy atom. The van der Waals surface area contributed by atoms with E-state index in [1.165, 1.54) is 23.0 Å². The van der Waals surface area contributed by atoms with Gasteiger partial charge >= 0.3 is 6.61 Å². The number of amides is 1. The Kier molecular flexibility index (Phi) is 7.34. The van der Waals surface area contributed by atoms with Crippen LogP contribution in [0.25, 0.3) is 16.9 Å². The zero-order chi connectivity index (χ0) is 25.8. The van der Waals surface area contributed by atoms with Crippen molar-refractivity contribution < 1.29 is 27.1 Å². The van der Waals surface area contributed by atoms with Gasteiger partial charge in [0.15, 0.2) is 23.0 Å². The van der Waals surface area contributed by atoms with Gasteiger partial charge in [-0.1, -0.05) is 6.92 Å². The fourth-order valence-corrected chi connectivity index (χ4v) is 3.73. The summed E-state index contributed by atoms with van der Waals surface area (Å²) in [4.78, 5) is 20.9. The fourth-order valence-electron chi connectivity index (χ4n) is 3.73. The second-order valence-corrected chi connectivity index (χ2v) is 7.63. The molecule has 0 bridgehead atoms. The SMILES string of the molecule is CCc1cc(Nc2nccn3c(-c4ccc(OC(F)F)c(F)c4F)cnc23)ccc1C(=O)NCCN. The number of carbonyl (C=O) groups is 1. The van der Waals surface area contributed by atoms with Crippen LogP contribution in [0.1, 0.15) is 22.8 Å². The average molecular weight is 502 g/mol. The van der Waals surface area contributed by atoms with Gasteiger partial charge in [-0.25, -0.2) is 14.4 Å².